The van der Waals surface area contributed by atoms with Gasteiger partial charge in [-0.3, -0.25) is 0 Å². The van der Waals surface area contributed by atoms with E-state index >= 15 is 0 Å². The van der Waals surface area contributed by atoms with Crippen LogP contribution in [-0.2, 0) is 0 Å². The summed E-state index contributed by atoms with van der Waals surface area (Å²) in [6.45, 7) is 0. The smallest absolute Gasteiger partial charge is 0.0619 e. The molecular formula is C54H36N2. The summed E-state index contributed by atoms with van der Waals surface area (Å²) in [4.78, 5) is 0. The Balaban J connectivity index is 1.12. The van der Waals surface area contributed by atoms with E-state index < -0.39 is 0 Å². The second kappa shape index (κ2) is 13.2. The van der Waals surface area contributed by atoms with E-state index in [1.165, 1.54) is 88.1 Å². The standard InChI is InChI=1S/C54H36N2/c1-5-15-37(16-6-1)39-25-29-45(30-26-39)55-51-24-14-13-23-46(51)48-33-41(27-31-52(48)55)42-28-32-53-49(34-42)50-36-43(38-17-7-2-8-18-38)35-47(40-19-9-3-10-20-40)54(50)56(53)44-21-11-4-12-22-44/h1-36H. The van der Waals surface area contributed by atoms with Crippen LogP contribution in [0.3, 0.4) is 0 Å². The van der Waals surface area contributed by atoms with Crippen LogP contribution in [0.15, 0.2) is 218 Å². The third-order valence-corrected chi connectivity index (χ3v) is 11.3. The summed E-state index contributed by atoms with van der Waals surface area (Å²) in [7, 11) is 0. The Kier molecular flexibility index (Phi) is 7.53. The molecule has 0 spiro atoms. The highest BCUT2D eigenvalue weighted by Crippen LogP contribution is 2.43. The van der Waals surface area contributed by atoms with Gasteiger partial charge in [-0.15, -0.1) is 0 Å². The lowest BCUT2D eigenvalue weighted by Gasteiger charge is -2.13. The van der Waals surface area contributed by atoms with Gasteiger partial charge < -0.3 is 9.13 Å². The number of para-hydroxylation sites is 2. The summed E-state index contributed by atoms with van der Waals surface area (Å²) >= 11 is 0. The van der Waals surface area contributed by atoms with E-state index in [9.17, 15) is 0 Å². The fourth-order valence-corrected chi connectivity index (χ4v) is 8.67. The van der Waals surface area contributed by atoms with Gasteiger partial charge in [-0.05, 0) is 106 Å². The first-order chi connectivity index (χ1) is 27.8. The summed E-state index contributed by atoms with van der Waals surface area (Å²) in [5.74, 6) is 0. The molecule has 2 heteroatoms. The van der Waals surface area contributed by atoms with Gasteiger partial charge in [0.2, 0.25) is 0 Å². The molecule has 0 aliphatic rings. The minimum atomic E-state index is 1.15. The highest BCUT2D eigenvalue weighted by Gasteiger charge is 2.20. The van der Waals surface area contributed by atoms with Crippen LogP contribution in [0.2, 0.25) is 0 Å². The number of rotatable bonds is 6. The van der Waals surface area contributed by atoms with E-state index in [1.807, 2.05) is 0 Å². The molecule has 2 nitrogen and oxygen atoms in total. The van der Waals surface area contributed by atoms with Crippen molar-refractivity contribution in [3.63, 3.8) is 0 Å². The number of aromatic nitrogens is 2. The molecule has 2 aromatic heterocycles. The average Bonchev–Trinajstić information content (AvgIpc) is 3.79. The van der Waals surface area contributed by atoms with Crippen LogP contribution in [0, 0.1) is 0 Å². The highest BCUT2D eigenvalue weighted by molar-refractivity contribution is 6.16. The van der Waals surface area contributed by atoms with E-state index in [4.69, 9.17) is 0 Å². The Labute approximate surface area is 325 Å². The number of hydrogen-bond acceptors (Lipinski definition) is 0. The van der Waals surface area contributed by atoms with E-state index in [-0.39, 0.29) is 0 Å². The van der Waals surface area contributed by atoms with Crippen molar-refractivity contribution in [1.82, 2.24) is 9.13 Å². The molecule has 0 saturated carbocycles. The van der Waals surface area contributed by atoms with Crippen molar-refractivity contribution in [2.75, 3.05) is 0 Å². The first-order valence-corrected chi connectivity index (χ1v) is 19.3. The normalized spacial score (nSPS) is 11.6. The number of nitrogens with zero attached hydrogens (tertiary/aromatic N) is 2. The van der Waals surface area contributed by atoms with Gasteiger partial charge in [0.05, 0.1) is 22.1 Å². The van der Waals surface area contributed by atoms with Crippen molar-refractivity contribution in [3.8, 4) is 55.9 Å². The maximum Gasteiger partial charge on any atom is 0.0619 e. The molecule has 0 bridgehead atoms. The molecule has 9 aromatic carbocycles. The van der Waals surface area contributed by atoms with Crippen LogP contribution in [0.25, 0.3) is 99.5 Å². The van der Waals surface area contributed by atoms with Gasteiger partial charge in [-0.2, -0.15) is 0 Å². The van der Waals surface area contributed by atoms with Crippen LogP contribution in [0.1, 0.15) is 0 Å². The highest BCUT2D eigenvalue weighted by atomic mass is 15.0. The summed E-state index contributed by atoms with van der Waals surface area (Å²) < 4.78 is 4.85. The summed E-state index contributed by atoms with van der Waals surface area (Å²) in [5.41, 5.74) is 16.8. The zero-order valence-corrected chi connectivity index (χ0v) is 30.7. The molecule has 0 N–H and O–H groups in total. The molecule has 0 atom stereocenters. The number of hydrogen-bond donors (Lipinski definition) is 0. The second-order valence-electron chi connectivity index (χ2n) is 14.6. The molecule has 0 radical (unpaired) electrons. The summed E-state index contributed by atoms with van der Waals surface area (Å²) in [5, 5.41) is 4.97. The Hall–Kier alpha value is -7.42. The van der Waals surface area contributed by atoms with Crippen molar-refractivity contribution in [2.24, 2.45) is 0 Å². The maximum atomic E-state index is 2.45. The molecular weight excluding hydrogens is 677 g/mol. The van der Waals surface area contributed by atoms with Crippen molar-refractivity contribution in [3.05, 3.63) is 218 Å². The van der Waals surface area contributed by atoms with Crippen LogP contribution in [-0.4, -0.2) is 9.13 Å². The minimum absolute atomic E-state index is 1.15. The largest absolute Gasteiger partial charge is 0.309 e. The predicted molar refractivity (Wildman–Crippen MR) is 237 cm³/mol. The predicted octanol–water partition coefficient (Wildman–Crippen LogP) is 14.5. The lowest BCUT2D eigenvalue weighted by Crippen LogP contribution is -1.95. The monoisotopic (exact) mass is 712 g/mol. The molecule has 2 heterocycles. The average molecular weight is 713 g/mol. The zero-order valence-electron chi connectivity index (χ0n) is 30.7. The summed E-state index contributed by atoms with van der Waals surface area (Å²) in [6.07, 6.45) is 0. The number of fused-ring (bicyclic) bond motifs is 6. The van der Waals surface area contributed by atoms with Crippen molar-refractivity contribution in [2.45, 2.75) is 0 Å². The summed E-state index contributed by atoms with van der Waals surface area (Å²) in [6, 6.07) is 79.4. The fraction of sp³-hybridized carbons (Fsp3) is 0. The first kappa shape index (κ1) is 32.0. The second-order valence-corrected chi connectivity index (χ2v) is 14.6. The van der Waals surface area contributed by atoms with E-state index in [0.29, 0.717) is 0 Å². The van der Waals surface area contributed by atoms with Gasteiger partial charge >= 0.3 is 0 Å². The van der Waals surface area contributed by atoms with Gasteiger partial charge in [-0.1, -0.05) is 152 Å². The third-order valence-electron chi connectivity index (χ3n) is 11.3. The molecule has 262 valence electrons. The molecule has 56 heavy (non-hydrogen) atoms. The lowest BCUT2D eigenvalue weighted by atomic mass is 9.95. The van der Waals surface area contributed by atoms with Crippen molar-refractivity contribution < 1.29 is 0 Å². The Morgan fingerprint density at radius 2 is 0.661 bits per heavy atom. The molecule has 11 rings (SSSR count). The van der Waals surface area contributed by atoms with E-state index in [0.717, 1.165) is 11.4 Å². The zero-order chi connectivity index (χ0) is 37.0. The fourth-order valence-electron chi connectivity index (χ4n) is 8.67. The molecule has 0 aliphatic carbocycles. The quantitative estimate of drug-likeness (QED) is 0.162. The van der Waals surface area contributed by atoms with Crippen LogP contribution < -0.4 is 0 Å². The SMILES string of the molecule is c1ccc(-c2ccc(-n3c4ccccc4c4cc(-c5ccc6c(c5)c5cc(-c7ccccc7)cc(-c7ccccc7)c5n6-c5ccccc5)ccc43)cc2)cc1. The van der Waals surface area contributed by atoms with Crippen LogP contribution in [0.4, 0.5) is 0 Å². The van der Waals surface area contributed by atoms with Crippen LogP contribution in [0.5, 0.6) is 0 Å². The van der Waals surface area contributed by atoms with E-state index in [1.54, 1.807) is 0 Å². The van der Waals surface area contributed by atoms with Crippen molar-refractivity contribution >= 4 is 43.6 Å². The maximum absolute atomic E-state index is 2.45. The number of benzene rings is 9. The Bertz CT molecular complexity index is 3190. The molecule has 0 unspecified atom stereocenters. The van der Waals surface area contributed by atoms with Gasteiger partial charge in [0, 0.05) is 38.5 Å². The van der Waals surface area contributed by atoms with E-state index in [2.05, 4.69) is 228 Å². The lowest BCUT2D eigenvalue weighted by molar-refractivity contribution is 1.18. The molecule has 0 fully saturated rings. The molecule has 0 aliphatic heterocycles. The third kappa shape index (κ3) is 5.26. The van der Waals surface area contributed by atoms with Crippen molar-refractivity contribution in [1.29, 1.82) is 0 Å². The first-order valence-electron chi connectivity index (χ1n) is 19.3. The minimum Gasteiger partial charge on any atom is -0.309 e. The van der Waals surface area contributed by atoms with Crippen LogP contribution >= 0.6 is 0 Å². The van der Waals surface area contributed by atoms with Gasteiger partial charge in [0.25, 0.3) is 0 Å². The van der Waals surface area contributed by atoms with Gasteiger partial charge in [-0.25, -0.2) is 0 Å². The topological polar surface area (TPSA) is 9.86 Å². The Morgan fingerprint density at radius 3 is 1.30 bits per heavy atom. The molecule has 11 aromatic rings. The molecule has 0 saturated heterocycles. The van der Waals surface area contributed by atoms with Gasteiger partial charge in [0.1, 0.15) is 0 Å². The Morgan fingerprint density at radius 1 is 0.232 bits per heavy atom. The van der Waals surface area contributed by atoms with Gasteiger partial charge in [0.15, 0.2) is 0 Å². The molecule has 0 amide bonds.